The number of carboxylic acids is 1. The van der Waals surface area contributed by atoms with Crippen LogP contribution in [-0.2, 0) is 14.3 Å². The highest BCUT2D eigenvalue weighted by atomic mass is 16.5. The van der Waals surface area contributed by atoms with Crippen LogP contribution in [0.2, 0.25) is 0 Å². The second-order valence-corrected chi connectivity index (χ2v) is 6.24. The highest BCUT2D eigenvalue weighted by molar-refractivity contribution is 5.75. The van der Waals surface area contributed by atoms with Gasteiger partial charge in [-0.1, -0.05) is 25.7 Å². The van der Waals surface area contributed by atoms with Crippen molar-refractivity contribution in [1.29, 1.82) is 0 Å². The minimum atomic E-state index is -0.630. The molecule has 2 aliphatic rings. The fraction of sp³-hybridized carbons (Fsp3) is 0.933. The van der Waals surface area contributed by atoms with Gasteiger partial charge in [0.1, 0.15) is 0 Å². The van der Waals surface area contributed by atoms with Crippen LogP contribution in [0.15, 0.2) is 0 Å². The summed E-state index contributed by atoms with van der Waals surface area (Å²) in [6.07, 6.45) is 6.09. The standard InChI is InChI=1S/C15H27NO4/c1-19-12-9-16(10-13(12)20-2)11-15(14(17)18)7-5-3-4-6-8-15/h12-13H,3-11H2,1-2H3,(H,17,18). The van der Waals surface area contributed by atoms with Gasteiger partial charge in [-0.05, 0) is 12.8 Å². The van der Waals surface area contributed by atoms with Gasteiger partial charge in [-0.2, -0.15) is 0 Å². The first-order chi connectivity index (χ1) is 9.61. The summed E-state index contributed by atoms with van der Waals surface area (Å²) in [5.74, 6) is -0.630. The van der Waals surface area contributed by atoms with E-state index in [4.69, 9.17) is 9.47 Å². The Morgan fingerprint density at radius 3 is 2.00 bits per heavy atom. The second-order valence-electron chi connectivity index (χ2n) is 6.24. The van der Waals surface area contributed by atoms with Crippen LogP contribution < -0.4 is 0 Å². The summed E-state index contributed by atoms with van der Waals surface area (Å²) in [5, 5.41) is 9.73. The van der Waals surface area contributed by atoms with Crippen LogP contribution in [0.25, 0.3) is 0 Å². The number of nitrogens with zero attached hydrogens (tertiary/aromatic N) is 1. The number of ether oxygens (including phenoxy) is 2. The van der Waals surface area contributed by atoms with Crippen molar-refractivity contribution in [3.05, 3.63) is 0 Å². The predicted octanol–water partition coefficient (Wildman–Crippen LogP) is 1.76. The SMILES string of the molecule is COC1CN(CC2(C(=O)O)CCCCCC2)CC1OC. The van der Waals surface area contributed by atoms with Gasteiger partial charge in [0.15, 0.2) is 0 Å². The van der Waals surface area contributed by atoms with Crippen molar-refractivity contribution in [2.75, 3.05) is 33.9 Å². The summed E-state index contributed by atoms with van der Waals surface area (Å²) in [5.41, 5.74) is -0.572. The lowest BCUT2D eigenvalue weighted by atomic mass is 9.80. The van der Waals surface area contributed by atoms with Crippen molar-refractivity contribution in [3.63, 3.8) is 0 Å². The molecule has 20 heavy (non-hydrogen) atoms. The Morgan fingerprint density at radius 2 is 1.60 bits per heavy atom. The molecule has 0 amide bonds. The number of aliphatic carboxylic acids is 1. The Morgan fingerprint density at radius 1 is 1.10 bits per heavy atom. The van der Waals surface area contributed by atoms with Crippen LogP contribution in [0.1, 0.15) is 38.5 Å². The third kappa shape index (κ3) is 3.32. The molecule has 1 aliphatic heterocycles. The molecular formula is C15H27NO4. The molecule has 0 aromatic rings. The van der Waals surface area contributed by atoms with Gasteiger partial charge in [-0.3, -0.25) is 9.69 Å². The van der Waals surface area contributed by atoms with E-state index >= 15 is 0 Å². The lowest BCUT2D eigenvalue weighted by Gasteiger charge is -2.32. The van der Waals surface area contributed by atoms with Crippen molar-refractivity contribution in [1.82, 2.24) is 4.90 Å². The average molecular weight is 285 g/mol. The lowest BCUT2D eigenvalue weighted by Crippen LogP contribution is -2.42. The van der Waals surface area contributed by atoms with E-state index < -0.39 is 11.4 Å². The molecule has 1 saturated heterocycles. The van der Waals surface area contributed by atoms with Gasteiger partial charge < -0.3 is 14.6 Å². The van der Waals surface area contributed by atoms with E-state index in [1.165, 1.54) is 0 Å². The van der Waals surface area contributed by atoms with E-state index in [1.807, 2.05) is 0 Å². The Bertz CT molecular complexity index is 314. The number of hydrogen-bond acceptors (Lipinski definition) is 4. The fourth-order valence-corrected chi connectivity index (χ4v) is 3.67. The number of carboxylic acid groups (broad SMARTS) is 1. The summed E-state index contributed by atoms with van der Waals surface area (Å²) >= 11 is 0. The molecule has 1 N–H and O–H groups in total. The van der Waals surface area contributed by atoms with E-state index in [2.05, 4.69) is 4.90 Å². The van der Waals surface area contributed by atoms with Crippen molar-refractivity contribution >= 4 is 5.97 Å². The third-order valence-corrected chi connectivity index (χ3v) is 4.94. The summed E-state index contributed by atoms with van der Waals surface area (Å²) in [4.78, 5) is 14.0. The maximum Gasteiger partial charge on any atom is 0.310 e. The summed E-state index contributed by atoms with van der Waals surface area (Å²) in [6.45, 7) is 2.16. The van der Waals surface area contributed by atoms with Gasteiger partial charge in [0.2, 0.25) is 0 Å². The molecule has 1 aliphatic carbocycles. The Balaban J connectivity index is 2.03. The summed E-state index contributed by atoms with van der Waals surface area (Å²) in [6, 6.07) is 0. The quantitative estimate of drug-likeness (QED) is 0.780. The Hall–Kier alpha value is -0.650. The number of hydrogen-bond donors (Lipinski definition) is 1. The van der Waals surface area contributed by atoms with E-state index in [-0.39, 0.29) is 12.2 Å². The smallest absolute Gasteiger partial charge is 0.310 e. The van der Waals surface area contributed by atoms with Crippen LogP contribution >= 0.6 is 0 Å². The molecule has 2 unspecified atom stereocenters. The van der Waals surface area contributed by atoms with Crippen molar-refractivity contribution in [2.24, 2.45) is 5.41 Å². The first-order valence-corrected chi connectivity index (χ1v) is 7.62. The van der Waals surface area contributed by atoms with Crippen LogP contribution in [-0.4, -0.2) is 62.0 Å². The molecule has 0 aromatic heterocycles. The number of rotatable bonds is 5. The monoisotopic (exact) mass is 285 g/mol. The van der Waals surface area contributed by atoms with Crippen LogP contribution in [0.4, 0.5) is 0 Å². The average Bonchev–Trinajstić information content (AvgIpc) is 2.67. The van der Waals surface area contributed by atoms with Crippen LogP contribution in [0, 0.1) is 5.41 Å². The first kappa shape index (κ1) is 15.7. The molecule has 5 nitrogen and oxygen atoms in total. The van der Waals surface area contributed by atoms with Crippen molar-refractivity contribution in [3.8, 4) is 0 Å². The van der Waals surface area contributed by atoms with E-state index in [1.54, 1.807) is 14.2 Å². The molecule has 5 heteroatoms. The molecule has 2 atom stereocenters. The molecule has 2 rings (SSSR count). The normalized spacial score (nSPS) is 31.1. The molecule has 0 bridgehead atoms. The minimum Gasteiger partial charge on any atom is -0.481 e. The van der Waals surface area contributed by atoms with Gasteiger partial charge in [0.25, 0.3) is 0 Å². The maximum atomic E-state index is 11.8. The zero-order chi connectivity index (χ0) is 14.6. The lowest BCUT2D eigenvalue weighted by molar-refractivity contribution is -0.151. The van der Waals surface area contributed by atoms with Gasteiger partial charge in [0.05, 0.1) is 17.6 Å². The van der Waals surface area contributed by atoms with Crippen molar-refractivity contribution in [2.45, 2.75) is 50.7 Å². The summed E-state index contributed by atoms with van der Waals surface area (Å²) in [7, 11) is 3.39. The summed E-state index contributed by atoms with van der Waals surface area (Å²) < 4.78 is 10.9. The maximum absolute atomic E-state index is 11.8. The van der Waals surface area contributed by atoms with E-state index in [9.17, 15) is 9.90 Å². The first-order valence-electron chi connectivity index (χ1n) is 7.62. The largest absolute Gasteiger partial charge is 0.481 e. The molecule has 0 aromatic carbocycles. The molecule has 0 spiro atoms. The predicted molar refractivity (Wildman–Crippen MR) is 75.8 cm³/mol. The van der Waals surface area contributed by atoms with Crippen LogP contribution in [0.5, 0.6) is 0 Å². The highest BCUT2D eigenvalue weighted by Gasteiger charge is 2.43. The molecule has 116 valence electrons. The van der Waals surface area contributed by atoms with E-state index in [0.717, 1.165) is 51.6 Å². The molecule has 0 radical (unpaired) electrons. The Labute approximate surface area is 121 Å². The molecule has 1 heterocycles. The highest BCUT2D eigenvalue weighted by Crippen LogP contribution is 2.37. The fourth-order valence-electron chi connectivity index (χ4n) is 3.67. The molecule has 1 saturated carbocycles. The zero-order valence-electron chi connectivity index (χ0n) is 12.6. The van der Waals surface area contributed by atoms with Crippen LogP contribution in [0.3, 0.4) is 0 Å². The second kappa shape index (κ2) is 6.87. The topological polar surface area (TPSA) is 59.0 Å². The van der Waals surface area contributed by atoms with Gasteiger partial charge in [-0.25, -0.2) is 0 Å². The number of likely N-dealkylation sites (tertiary alicyclic amines) is 1. The minimum absolute atomic E-state index is 0.0524. The molecular weight excluding hydrogens is 258 g/mol. The zero-order valence-corrected chi connectivity index (χ0v) is 12.6. The van der Waals surface area contributed by atoms with Gasteiger partial charge >= 0.3 is 5.97 Å². The Kier molecular flexibility index (Phi) is 5.41. The van der Waals surface area contributed by atoms with E-state index in [0.29, 0.717) is 6.54 Å². The third-order valence-electron chi connectivity index (χ3n) is 4.94. The van der Waals surface area contributed by atoms with Gasteiger partial charge in [-0.15, -0.1) is 0 Å². The van der Waals surface area contributed by atoms with Gasteiger partial charge in [0, 0.05) is 33.9 Å². The number of carbonyl (C=O) groups is 1. The molecule has 2 fully saturated rings. The van der Waals surface area contributed by atoms with Crippen molar-refractivity contribution < 1.29 is 19.4 Å². The number of methoxy groups -OCH3 is 2.